The highest BCUT2D eigenvalue weighted by Crippen LogP contribution is 2.66. The Bertz CT molecular complexity index is 637. The van der Waals surface area contributed by atoms with Gasteiger partial charge in [-0.1, -0.05) is 47.0 Å². The smallest absolute Gasteiger partial charge is 0.0717 e. The Kier molecular flexibility index (Phi) is 22.8. The third-order valence-electron chi connectivity index (χ3n) is 4.03. The van der Waals surface area contributed by atoms with E-state index in [2.05, 4.69) is 0 Å². The van der Waals surface area contributed by atoms with Crippen molar-refractivity contribution in [2.45, 2.75) is 0 Å². The predicted octanol–water partition coefficient (Wildman–Crippen LogP) is 4.29. The summed E-state index contributed by atoms with van der Waals surface area (Å²) in [6.45, 7) is 3.93. The molecule has 0 aromatic rings. The fraction of sp³-hybridized carbons (Fsp3) is 0.727. The zero-order chi connectivity index (χ0) is 27.3. The lowest BCUT2D eigenvalue weighted by molar-refractivity contribution is 0.103. The monoisotopic (exact) mass is 684 g/mol. The molecule has 2 heterocycles. The van der Waals surface area contributed by atoms with Crippen LogP contribution in [0.25, 0.3) is 0 Å². The summed E-state index contributed by atoms with van der Waals surface area (Å²) in [4.78, 5) is 0. The summed E-state index contributed by atoms with van der Waals surface area (Å²) in [7, 11) is 0. The molecule has 0 spiro atoms. The Labute approximate surface area is 259 Å². The largest absolute Gasteiger partial charge is 0.394 e. The van der Waals surface area contributed by atoms with E-state index in [4.69, 9.17) is 39.4 Å². The van der Waals surface area contributed by atoms with Crippen molar-refractivity contribution in [1.82, 2.24) is 0 Å². The average Bonchev–Trinajstić information content (AvgIpc) is 3.52. The highest BCUT2D eigenvalue weighted by molar-refractivity contribution is 8.45. The number of aliphatic hydroxyl groups excluding tert-OH is 4. The Morgan fingerprint density at radius 2 is 0.632 bits per heavy atom. The van der Waals surface area contributed by atoms with E-state index in [-0.39, 0.29) is 26.4 Å². The minimum absolute atomic E-state index is 0.0341. The molecule has 0 amide bonds. The van der Waals surface area contributed by atoms with Gasteiger partial charge < -0.3 is 39.4 Å². The van der Waals surface area contributed by atoms with Crippen LogP contribution in [0.5, 0.6) is 0 Å². The van der Waals surface area contributed by atoms with E-state index in [1.54, 1.807) is 47.0 Å². The zero-order valence-electron chi connectivity index (χ0n) is 21.0. The van der Waals surface area contributed by atoms with Gasteiger partial charge in [0.1, 0.15) is 0 Å². The molecule has 0 unspecified atom stereocenters. The summed E-state index contributed by atoms with van der Waals surface area (Å²) >= 11 is 14.4. The number of thioether (sulfide) groups is 8. The van der Waals surface area contributed by atoms with E-state index in [9.17, 15) is 0 Å². The average molecular weight is 685 g/mol. The molecule has 8 nitrogen and oxygen atoms in total. The highest BCUT2D eigenvalue weighted by atomic mass is 32.3. The molecule has 0 atom stereocenters. The van der Waals surface area contributed by atoms with Gasteiger partial charge in [0.2, 0.25) is 0 Å². The first-order valence-electron chi connectivity index (χ1n) is 11.9. The third kappa shape index (κ3) is 15.3. The molecule has 220 valence electrons. The minimum Gasteiger partial charge on any atom is -0.394 e. The van der Waals surface area contributed by atoms with E-state index in [1.807, 2.05) is 47.0 Å². The van der Waals surface area contributed by atoms with Crippen LogP contribution in [0.3, 0.4) is 0 Å². The van der Waals surface area contributed by atoms with Crippen molar-refractivity contribution in [3.63, 3.8) is 0 Å². The molecule has 2 rings (SSSR count). The van der Waals surface area contributed by atoms with Crippen molar-refractivity contribution in [2.24, 2.45) is 0 Å². The van der Waals surface area contributed by atoms with Crippen molar-refractivity contribution in [3.8, 4) is 0 Å². The van der Waals surface area contributed by atoms with Crippen LogP contribution in [-0.4, -0.2) is 123 Å². The fourth-order valence-electron chi connectivity index (χ4n) is 2.50. The molecule has 0 fully saturated rings. The van der Waals surface area contributed by atoms with Gasteiger partial charge in [0.25, 0.3) is 0 Å². The molecule has 0 bridgehead atoms. The standard InChI is InChI=1S/C22H36O8S8/c23-1-5-27-9-13-31-17-18(32-14-10-28-6-2-24)36-21(35-17)22-37-19(33-15-11-29-7-3-25)20(38-22)34-16-12-30-8-4-26/h23-26H,1-16H2. The summed E-state index contributed by atoms with van der Waals surface area (Å²) in [6.07, 6.45) is 0. The van der Waals surface area contributed by atoms with Crippen LogP contribution in [0.2, 0.25) is 0 Å². The Balaban J connectivity index is 2.00. The number of hydrogen-bond acceptors (Lipinski definition) is 16. The Hall–Kier alpha value is 1.70. The van der Waals surface area contributed by atoms with Gasteiger partial charge >= 0.3 is 0 Å². The van der Waals surface area contributed by atoms with Crippen molar-refractivity contribution in [3.05, 3.63) is 25.4 Å². The quantitative estimate of drug-likeness (QED) is 0.108. The molecule has 0 aromatic carbocycles. The lowest BCUT2D eigenvalue weighted by Crippen LogP contribution is -2.02. The first-order chi connectivity index (χ1) is 18.7. The molecule has 16 heteroatoms. The van der Waals surface area contributed by atoms with Crippen LogP contribution in [0.1, 0.15) is 0 Å². The third-order valence-corrected chi connectivity index (χ3v) is 15.5. The number of ether oxygens (including phenoxy) is 4. The molecule has 0 aromatic heterocycles. The molecule has 38 heavy (non-hydrogen) atoms. The minimum atomic E-state index is 0.0341. The van der Waals surface area contributed by atoms with Gasteiger partial charge in [-0.2, -0.15) is 0 Å². The van der Waals surface area contributed by atoms with Gasteiger partial charge in [-0.3, -0.25) is 0 Å². The van der Waals surface area contributed by atoms with Gasteiger partial charge in [-0.05, 0) is 0 Å². The van der Waals surface area contributed by atoms with E-state index in [0.717, 1.165) is 23.0 Å². The molecule has 0 saturated heterocycles. The van der Waals surface area contributed by atoms with E-state index in [1.165, 1.54) is 25.4 Å². The molecule has 0 aliphatic carbocycles. The normalized spacial score (nSPS) is 16.1. The maximum atomic E-state index is 8.93. The van der Waals surface area contributed by atoms with E-state index >= 15 is 0 Å². The zero-order valence-corrected chi connectivity index (χ0v) is 27.5. The van der Waals surface area contributed by atoms with Crippen LogP contribution in [0, 0.1) is 0 Å². The van der Waals surface area contributed by atoms with Gasteiger partial charge in [-0.15, -0.1) is 47.0 Å². The summed E-state index contributed by atoms with van der Waals surface area (Å²) in [5.41, 5.74) is 0. The van der Waals surface area contributed by atoms with Crippen LogP contribution in [-0.2, 0) is 18.9 Å². The summed E-state index contributed by atoms with van der Waals surface area (Å²) in [6, 6.07) is 0. The maximum absolute atomic E-state index is 8.93. The lowest BCUT2D eigenvalue weighted by atomic mass is 10.7. The summed E-state index contributed by atoms with van der Waals surface area (Å²) < 4.78 is 29.4. The second-order valence-electron chi connectivity index (χ2n) is 6.87. The van der Waals surface area contributed by atoms with Crippen LogP contribution < -0.4 is 0 Å². The van der Waals surface area contributed by atoms with Crippen LogP contribution in [0.15, 0.2) is 25.4 Å². The van der Waals surface area contributed by atoms with Gasteiger partial charge in [0.05, 0.1) is 105 Å². The first-order valence-corrected chi connectivity index (χ1v) is 19.1. The predicted molar refractivity (Wildman–Crippen MR) is 173 cm³/mol. The molecular weight excluding hydrogens is 649 g/mol. The van der Waals surface area contributed by atoms with E-state index < -0.39 is 0 Å². The van der Waals surface area contributed by atoms with Crippen molar-refractivity contribution < 1.29 is 39.4 Å². The maximum Gasteiger partial charge on any atom is 0.0717 e. The highest BCUT2D eigenvalue weighted by Gasteiger charge is 2.30. The van der Waals surface area contributed by atoms with Crippen molar-refractivity contribution >= 4 is 94.1 Å². The van der Waals surface area contributed by atoms with Crippen molar-refractivity contribution in [1.29, 1.82) is 0 Å². The molecule has 2 aliphatic rings. The fourth-order valence-corrected chi connectivity index (χ4v) is 14.2. The van der Waals surface area contributed by atoms with Gasteiger partial charge in [0.15, 0.2) is 0 Å². The lowest BCUT2D eigenvalue weighted by Gasteiger charge is -2.06. The van der Waals surface area contributed by atoms with Crippen LogP contribution >= 0.6 is 94.1 Å². The number of rotatable bonds is 24. The molecule has 2 aliphatic heterocycles. The number of aliphatic hydroxyl groups is 4. The molecular formula is C22H36O8S8. The Morgan fingerprint density at radius 3 is 0.842 bits per heavy atom. The van der Waals surface area contributed by atoms with Gasteiger partial charge in [0, 0.05) is 23.0 Å². The van der Waals surface area contributed by atoms with Crippen molar-refractivity contribution in [2.75, 3.05) is 102 Å². The molecule has 0 saturated carbocycles. The second kappa shape index (κ2) is 24.2. The van der Waals surface area contributed by atoms with E-state index in [0.29, 0.717) is 52.9 Å². The van der Waals surface area contributed by atoms with Crippen LogP contribution in [0.4, 0.5) is 0 Å². The van der Waals surface area contributed by atoms with Gasteiger partial charge in [-0.25, -0.2) is 0 Å². The Morgan fingerprint density at radius 1 is 0.395 bits per heavy atom. The first kappa shape index (κ1) is 35.9. The molecule has 0 radical (unpaired) electrons. The second-order valence-corrected chi connectivity index (χ2v) is 16.9. The molecule has 4 N–H and O–H groups in total. The topological polar surface area (TPSA) is 118 Å². The summed E-state index contributed by atoms with van der Waals surface area (Å²) in [5.74, 6) is 3.27. The number of hydrogen-bond donors (Lipinski definition) is 4. The SMILES string of the molecule is OCCOCCSC1=C(SCCOCCO)SC(=C2SC(SCCOCCO)=C(SCCOCCO)S2)S1. The summed E-state index contributed by atoms with van der Waals surface area (Å²) in [5, 5.41) is 35.7.